The number of nitrogens with one attached hydrogen (secondary N) is 2. The minimum Gasteiger partial charge on any atom is -0.460 e. The molecule has 1 fully saturated rings. The molecule has 1 saturated heterocycles. The highest BCUT2D eigenvalue weighted by molar-refractivity contribution is 5.98. The number of carbonyl (C=O) groups is 5. The van der Waals surface area contributed by atoms with Gasteiger partial charge in [0.25, 0.3) is 0 Å². The third kappa shape index (κ3) is 10.7. The number of aliphatic hydroxyl groups is 2. The lowest BCUT2D eigenvalue weighted by Crippen LogP contribution is -2.55. The first-order valence-electron chi connectivity index (χ1n) is 18.4. The second kappa shape index (κ2) is 17.3. The highest BCUT2D eigenvalue weighted by Crippen LogP contribution is 2.45. The van der Waals surface area contributed by atoms with Crippen LogP contribution in [-0.4, -0.2) is 113 Å². The van der Waals surface area contributed by atoms with E-state index >= 15 is 0 Å². The van der Waals surface area contributed by atoms with Crippen LogP contribution in [0.1, 0.15) is 74.0 Å². The molecule has 3 amide bonds. The highest BCUT2D eigenvalue weighted by atomic mass is 16.8. The lowest BCUT2D eigenvalue weighted by molar-refractivity contribution is -0.172. The maximum atomic E-state index is 13.8. The number of esters is 2. The number of carbonyl (C=O) groups excluding carboxylic acids is 5. The Morgan fingerprint density at radius 2 is 1.65 bits per heavy atom. The summed E-state index contributed by atoms with van der Waals surface area (Å²) in [6.45, 7) is 6.04. The lowest BCUT2D eigenvalue weighted by atomic mass is 9.91. The molecule has 0 bridgehead atoms. The quantitative estimate of drug-likeness (QED) is 0.173. The fourth-order valence-corrected chi connectivity index (χ4v) is 6.74. The van der Waals surface area contributed by atoms with Gasteiger partial charge in [0.2, 0.25) is 17.7 Å². The molecule has 14 nitrogen and oxygen atoms in total. The van der Waals surface area contributed by atoms with Crippen LogP contribution in [0.15, 0.2) is 66.3 Å². The van der Waals surface area contributed by atoms with Crippen molar-refractivity contribution in [3.8, 4) is 0 Å². The van der Waals surface area contributed by atoms with Gasteiger partial charge in [-0.25, -0.2) is 4.79 Å². The van der Waals surface area contributed by atoms with Gasteiger partial charge >= 0.3 is 11.9 Å². The Hall–Kier alpha value is -4.89. The van der Waals surface area contributed by atoms with Gasteiger partial charge in [0.15, 0.2) is 5.79 Å². The summed E-state index contributed by atoms with van der Waals surface area (Å²) in [5, 5.41) is 25.7. The first kappa shape index (κ1) is 41.3. The number of nitrogens with zero attached hydrogens (tertiary/aromatic N) is 1. The Balaban J connectivity index is 1.31. The number of rotatable bonds is 13. The molecule has 2 aliphatic carbocycles. The number of hydrogen-bond acceptors (Lipinski definition) is 11. The van der Waals surface area contributed by atoms with E-state index in [0.29, 0.717) is 18.4 Å². The molecule has 296 valence electrons. The van der Waals surface area contributed by atoms with Crippen LogP contribution in [-0.2, 0) is 51.0 Å². The Morgan fingerprint density at radius 3 is 2.24 bits per heavy atom. The second-order valence-corrected chi connectivity index (χ2v) is 15.4. The van der Waals surface area contributed by atoms with Gasteiger partial charge in [-0.2, -0.15) is 0 Å². The van der Waals surface area contributed by atoms with Crippen molar-refractivity contribution in [3.63, 3.8) is 0 Å². The molecule has 2 aromatic carbocycles. The van der Waals surface area contributed by atoms with Crippen LogP contribution in [0.25, 0.3) is 6.08 Å². The van der Waals surface area contributed by atoms with Crippen molar-refractivity contribution < 1.29 is 53.1 Å². The van der Waals surface area contributed by atoms with Gasteiger partial charge in [-0.05, 0) is 75.1 Å². The number of ether oxygens (including phenoxy) is 4. The van der Waals surface area contributed by atoms with Gasteiger partial charge in [0.05, 0.1) is 24.3 Å². The summed E-state index contributed by atoms with van der Waals surface area (Å²) in [6.07, 6.45) is 1.66. The summed E-state index contributed by atoms with van der Waals surface area (Å²) in [7, 11) is 3.29. The normalized spacial score (nSPS) is 21.5. The van der Waals surface area contributed by atoms with Gasteiger partial charge in [0.1, 0.15) is 30.0 Å². The van der Waals surface area contributed by atoms with Crippen LogP contribution in [0.5, 0.6) is 0 Å². The van der Waals surface area contributed by atoms with Gasteiger partial charge < -0.3 is 44.7 Å². The van der Waals surface area contributed by atoms with E-state index < -0.39 is 78.2 Å². The Bertz CT molecular complexity index is 1790. The van der Waals surface area contributed by atoms with Crippen LogP contribution < -0.4 is 10.6 Å². The molecule has 6 unspecified atom stereocenters. The van der Waals surface area contributed by atoms with Crippen molar-refractivity contribution in [1.29, 1.82) is 0 Å². The lowest BCUT2D eigenvalue weighted by Gasteiger charge is -2.31. The zero-order chi connectivity index (χ0) is 40.1. The third-order valence-corrected chi connectivity index (χ3v) is 9.51. The van der Waals surface area contributed by atoms with Gasteiger partial charge in [-0.1, -0.05) is 36.4 Å². The smallest absolute Gasteiger partial charge is 0.338 e. The Morgan fingerprint density at radius 1 is 1.00 bits per heavy atom. The number of likely N-dealkylation sites (N-methyl/N-ethyl adjacent to an activating group) is 1. The minimum atomic E-state index is -1.43. The van der Waals surface area contributed by atoms with Gasteiger partial charge in [-0.15, -0.1) is 0 Å². The van der Waals surface area contributed by atoms with E-state index in [1.807, 2.05) is 24.3 Å². The number of amides is 3. The van der Waals surface area contributed by atoms with Crippen molar-refractivity contribution in [2.45, 2.75) is 108 Å². The van der Waals surface area contributed by atoms with E-state index in [4.69, 9.17) is 18.9 Å². The van der Waals surface area contributed by atoms with Crippen LogP contribution in [0.2, 0.25) is 0 Å². The predicted octanol–water partition coefficient (Wildman–Crippen LogP) is 2.39. The molecule has 2 aromatic rings. The molecule has 1 aliphatic heterocycles. The number of aliphatic hydroxyl groups excluding tert-OH is 2. The van der Waals surface area contributed by atoms with Crippen molar-refractivity contribution >= 4 is 35.7 Å². The average molecular weight is 762 g/mol. The molecule has 3 aliphatic rings. The molecule has 1 spiro atoms. The largest absolute Gasteiger partial charge is 0.460 e. The molecule has 0 aromatic heterocycles. The molecular weight excluding hydrogens is 710 g/mol. The monoisotopic (exact) mass is 761 g/mol. The number of fused-ring (bicyclic) bond motifs is 2. The summed E-state index contributed by atoms with van der Waals surface area (Å²) in [6, 6.07) is 12.1. The fraction of sp³-hybridized carbons (Fsp3) is 0.488. The standard InChI is InChI=1S/C41H51N3O11/c1-24(46)35(38(50)42-30(23-45)16-18-34(48)54-40(2,3)4)43-37(49)29-19-31(52-39(51)26-14-11-25(12-15-26)13-17-33(47)44(5)6)36-32(20-29)53-41(55-36)21-27-9-7-8-10-28(27)22-41/h7-15,17,20,24,30-32,35-36,45-46H,16,18-19,21-23H2,1-6H3,(H,42,50)(H,43,49). The Kier molecular flexibility index (Phi) is 13.0. The zero-order valence-corrected chi connectivity index (χ0v) is 32.1. The summed E-state index contributed by atoms with van der Waals surface area (Å²) < 4.78 is 24.4. The summed E-state index contributed by atoms with van der Waals surface area (Å²) >= 11 is 0. The van der Waals surface area contributed by atoms with E-state index in [-0.39, 0.29) is 36.3 Å². The van der Waals surface area contributed by atoms with Gasteiger partial charge in [-0.3, -0.25) is 19.2 Å². The fourth-order valence-electron chi connectivity index (χ4n) is 6.74. The van der Waals surface area contributed by atoms with E-state index in [0.717, 1.165) is 11.1 Å². The van der Waals surface area contributed by atoms with E-state index in [1.54, 1.807) is 71.3 Å². The summed E-state index contributed by atoms with van der Waals surface area (Å²) in [4.78, 5) is 66.3. The van der Waals surface area contributed by atoms with Crippen molar-refractivity contribution in [1.82, 2.24) is 15.5 Å². The molecule has 6 atom stereocenters. The number of hydrogen-bond donors (Lipinski definition) is 4. The van der Waals surface area contributed by atoms with Crippen molar-refractivity contribution in [2.75, 3.05) is 20.7 Å². The first-order valence-corrected chi connectivity index (χ1v) is 18.4. The van der Waals surface area contributed by atoms with Crippen LogP contribution in [0.4, 0.5) is 0 Å². The molecule has 5 rings (SSSR count). The summed E-state index contributed by atoms with van der Waals surface area (Å²) in [5.41, 5.74) is 2.53. The zero-order valence-electron chi connectivity index (χ0n) is 32.1. The van der Waals surface area contributed by atoms with Gasteiger partial charge in [0, 0.05) is 51.4 Å². The second-order valence-electron chi connectivity index (χ2n) is 15.4. The van der Waals surface area contributed by atoms with Crippen molar-refractivity contribution in [2.24, 2.45) is 0 Å². The molecule has 0 radical (unpaired) electrons. The third-order valence-electron chi connectivity index (χ3n) is 9.51. The molecule has 1 heterocycles. The molecule has 14 heteroatoms. The van der Waals surface area contributed by atoms with E-state index in [1.165, 1.54) is 17.9 Å². The maximum absolute atomic E-state index is 13.8. The minimum absolute atomic E-state index is 0.0669. The number of benzene rings is 2. The maximum Gasteiger partial charge on any atom is 0.338 e. The molecule has 4 N–H and O–H groups in total. The first-order chi connectivity index (χ1) is 26.0. The topological polar surface area (TPSA) is 190 Å². The highest BCUT2D eigenvalue weighted by Gasteiger charge is 2.55. The molecular formula is C41H51N3O11. The molecule has 0 saturated carbocycles. The van der Waals surface area contributed by atoms with E-state index in [2.05, 4.69) is 10.6 Å². The van der Waals surface area contributed by atoms with Crippen LogP contribution in [0, 0.1) is 0 Å². The predicted molar refractivity (Wildman–Crippen MR) is 200 cm³/mol. The summed E-state index contributed by atoms with van der Waals surface area (Å²) in [5.74, 6) is -3.84. The van der Waals surface area contributed by atoms with Crippen molar-refractivity contribution in [3.05, 3.63) is 88.5 Å². The SMILES string of the molecule is CC(O)C(NC(=O)C1=CC2OC3(Cc4ccccc4C3)OC2C(OC(=O)c2ccc(C=CC(=O)N(C)C)cc2)C1)C(=O)NC(CO)CCC(=O)OC(C)(C)C. The average Bonchev–Trinajstić information content (AvgIpc) is 3.68. The van der Waals surface area contributed by atoms with Crippen LogP contribution in [0.3, 0.4) is 0 Å². The molecule has 55 heavy (non-hydrogen) atoms. The Labute approximate surface area is 320 Å². The van der Waals surface area contributed by atoms with E-state index in [9.17, 15) is 34.2 Å². The van der Waals surface area contributed by atoms with Crippen LogP contribution >= 0.6 is 0 Å².